The summed E-state index contributed by atoms with van der Waals surface area (Å²) in [6.07, 6.45) is 3.20. The van der Waals surface area contributed by atoms with Crippen molar-refractivity contribution in [3.05, 3.63) is 35.4 Å². The Morgan fingerprint density at radius 1 is 1.21 bits per heavy atom. The second kappa shape index (κ2) is 7.34. The summed E-state index contributed by atoms with van der Waals surface area (Å²) < 4.78 is 0. The first-order valence-corrected chi connectivity index (χ1v) is 8.83. The molecular formula is C19H26N2O3. The van der Waals surface area contributed by atoms with E-state index in [0.717, 1.165) is 31.2 Å². The van der Waals surface area contributed by atoms with Gasteiger partial charge in [0.2, 0.25) is 11.8 Å². The summed E-state index contributed by atoms with van der Waals surface area (Å²) in [5, 5.41) is 12.6. The number of carbonyl (C=O) groups excluding carboxylic acids is 2. The number of hydrogen-bond donors (Lipinski definition) is 2. The van der Waals surface area contributed by atoms with Crippen molar-refractivity contribution in [2.75, 3.05) is 6.54 Å². The van der Waals surface area contributed by atoms with Gasteiger partial charge in [-0.25, -0.2) is 0 Å². The Balaban J connectivity index is 1.52. The van der Waals surface area contributed by atoms with E-state index in [2.05, 4.69) is 5.32 Å². The molecule has 0 radical (unpaired) electrons. The molecule has 1 saturated carbocycles. The molecular weight excluding hydrogens is 304 g/mol. The van der Waals surface area contributed by atoms with Crippen molar-refractivity contribution in [3.63, 3.8) is 0 Å². The molecule has 5 heteroatoms. The zero-order chi connectivity index (χ0) is 17.1. The zero-order valence-electron chi connectivity index (χ0n) is 14.2. The lowest BCUT2D eigenvalue weighted by Crippen LogP contribution is -2.42. The highest BCUT2D eigenvalue weighted by Gasteiger charge is 2.35. The van der Waals surface area contributed by atoms with Crippen LogP contribution in [-0.2, 0) is 16.1 Å². The fourth-order valence-corrected chi connectivity index (χ4v) is 3.55. The number of amides is 2. The highest BCUT2D eigenvalue weighted by atomic mass is 16.3. The number of aryl methyl sites for hydroxylation is 1. The summed E-state index contributed by atoms with van der Waals surface area (Å²) in [5.41, 5.74) is 2.29. The number of aliphatic hydroxyl groups excluding tert-OH is 1. The molecule has 1 aromatic carbocycles. The number of hydrogen-bond acceptors (Lipinski definition) is 3. The van der Waals surface area contributed by atoms with E-state index in [1.165, 1.54) is 5.56 Å². The Morgan fingerprint density at radius 2 is 1.88 bits per heavy atom. The molecule has 2 amide bonds. The van der Waals surface area contributed by atoms with Crippen molar-refractivity contribution in [2.24, 2.45) is 5.92 Å². The van der Waals surface area contributed by atoms with Crippen LogP contribution in [0.3, 0.4) is 0 Å². The largest absolute Gasteiger partial charge is 0.393 e. The molecule has 0 spiro atoms. The van der Waals surface area contributed by atoms with Gasteiger partial charge in [0.25, 0.3) is 0 Å². The van der Waals surface area contributed by atoms with Gasteiger partial charge >= 0.3 is 0 Å². The van der Waals surface area contributed by atoms with Gasteiger partial charge in [-0.3, -0.25) is 9.59 Å². The lowest BCUT2D eigenvalue weighted by molar-refractivity contribution is -0.129. The minimum Gasteiger partial charge on any atom is -0.393 e. The Kier molecular flexibility index (Phi) is 5.19. The molecule has 130 valence electrons. The molecule has 1 unspecified atom stereocenters. The maximum atomic E-state index is 12.4. The van der Waals surface area contributed by atoms with E-state index in [1.807, 2.05) is 31.2 Å². The van der Waals surface area contributed by atoms with Crippen molar-refractivity contribution in [1.29, 1.82) is 0 Å². The van der Waals surface area contributed by atoms with Crippen LogP contribution in [0.1, 0.15) is 43.2 Å². The molecule has 24 heavy (non-hydrogen) atoms. The van der Waals surface area contributed by atoms with Crippen LogP contribution in [0.4, 0.5) is 0 Å². The van der Waals surface area contributed by atoms with Crippen molar-refractivity contribution < 1.29 is 14.7 Å². The fraction of sp³-hybridized carbons (Fsp3) is 0.579. The van der Waals surface area contributed by atoms with Crippen LogP contribution in [0.2, 0.25) is 0 Å². The van der Waals surface area contributed by atoms with Crippen LogP contribution in [0.15, 0.2) is 24.3 Å². The predicted octanol–water partition coefficient (Wildman–Crippen LogP) is 1.76. The summed E-state index contributed by atoms with van der Waals surface area (Å²) >= 11 is 0. The molecule has 1 aromatic rings. The molecule has 1 aliphatic carbocycles. The zero-order valence-corrected chi connectivity index (χ0v) is 14.2. The van der Waals surface area contributed by atoms with Gasteiger partial charge in [0.1, 0.15) is 0 Å². The molecule has 1 aliphatic heterocycles. The van der Waals surface area contributed by atoms with Crippen LogP contribution >= 0.6 is 0 Å². The standard InChI is InChI=1S/C19H26N2O3/c1-13-2-4-14(5-3-13)11-21-12-15(10-18(21)23)19(24)20-16-6-8-17(22)9-7-16/h2-5,15-17,22H,6-12H2,1H3,(H,20,24). The first kappa shape index (κ1) is 17.0. The first-order valence-electron chi connectivity index (χ1n) is 8.83. The van der Waals surface area contributed by atoms with Crippen LogP contribution in [0, 0.1) is 12.8 Å². The second-order valence-corrected chi connectivity index (χ2v) is 7.17. The van der Waals surface area contributed by atoms with E-state index < -0.39 is 0 Å². The molecule has 2 aliphatic rings. The molecule has 1 atom stereocenters. The van der Waals surface area contributed by atoms with Gasteiger partial charge in [-0.2, -0.15) is 0 Å². The Morgan fingerprint density at radius 3 is 2.54 bits per heavy atom. The third-order valence-electron chi connectivity index (χ3n) is 5.12. The molecule has 0 aromatic heterocycles. The van der Waals surface area contributed by atoms with Crippen LogP contribution in [-0.4, -0.2) is 40.5 Å². The number of carbonyl (C=O) groups is 2. The van der Waals surface area contributed by atoms with Gasteiger partial charge in [-0.1, -0.05) is 29.8 Å². The molecule has 1 heterocycles. The average molecular weight is 330 g/mol. The fourth-order valence-electron chi connectivity index (χ4n) is 3.55. The SMILES string of the molecule is Cc1ccc(CN2CC(C(=O)NC3CCC(O)CC3)CC2=O)cc1. The Bertz CT molecular complexity index is 591. The summed E-state index contributed by atoms with van der Waals surface area (Å²) in [7, 11) is 0. The molecule has 0 bridgehead atoms. The molecule has 2 N–H and O–H groups in total. The number of nitrogens with zero attached hydrogens (tertiary/aromatic N) is 1. The van der Waals surface area contributed by atoms with E-state index in [9.17, 15) is 14.7 Å². The quantitative estimate of drug-likeness (QED) is 0.884. The highest BCUT2D eigenvalue weighted by Crippen LogP contribution is 2.23. The van der Waals surface area contributed by atoms with Crippen LogP contribution < -0.4 is 5.32 Å². The van der Waals surface area contributed by atoms with Gasteiger partial charge in [-0.15, -0.1) is 0 Å². The van der Waals surface area contributed by atoms with Gasteiger partial charge in [-0.05, 0) is 38.2 Å². The van der Waals surface area contributed by atoms with Gasteiger partial charge in [0, 0.05) is 25.6 Å². The molecule has 2 fully saturated rings. The average Bonchev–Trinajstić information content (AvgIpc) is 2.93. The summed E-state index contributed by atoms with van der Waals surface area (Å²) in [5.74, 6) is -0.222. The van der Waals surface area contributed by atoms with E-state index in [0.29, 0.717) is 19.5 Å². The second-order valence-electron chi connectivity index (χ2n) is 7.17. The number of likely N-dealkylation sites (tertiary alicyclic amines) is 1. The summed E-state index contributed by atoms with van der Waals surface area (Å²) in [6, 6.07) is 8.28. The topological polar surface area (TPSA) is 69.6 Å². The van der Waals surface area contributed by atoms with E-state index in [1.54, 1.807) is 4.90 Å². The van der Waals surface area contributed by atoms with Crippen molar-refractivity contribution in [3.8, 4) is 0 Å². The monoisotopic (exact) mass is 330 g/mol. The van der Waals surface area contributed by atoms with Crippen molar-refractivity contribution in [2.45, 2.75) is 57.7 Å². The normalized spacial score (nSPS) is 27.3. The maximum Gasteiger partial charge on any atom is 0.225 e. The smallest absolute Gasteiger partial charge is 0.225 e. The minimum atomic E-state index is -0.255. The molecule has 3 rings (SSSR count). The summed E-state index contributed by atoms with van der Waals surface area (Å²) in [4.78, 5) is 26.4. The van der Waals surface area contributed by atoms with Crippen molar-refractivity contribution in [1.82, 2.24) is 10.2 Å². The number of rotatable bonds is 4. The third kappa shape index (κ3) is 4.15. The number of benzene rings is 1. The van der Waals surface area contributed by atoms with E-state index in [-0.39, 0.29) is 29.9 Å². The lowest BCUT2D eigenvalue weighted by Gasteiger charge is -2.27. The van der Waals surface area contributed by atoms with Gasteiger partial charge in [0.05, 0.1) is 12.0 Å². The van der Waals surface area contributed by atoms with Crippen LogP contribution in [0.25, 0.3) is 0 Å². The van der Waals surface area contributed by atoms with E-state index >= 15 is 0 Å². The van der Waals surface area contributed by atoms with Crippen molar-refractivity contribution >= 4 is 11.8 Å². The van der Waals surface area contributed by atoms with E-state index in [4.69, 9.17) is 0 Å². The number of aliphatic hydroxyl groups is 1. The lowest BCUT2D eigenvalue weighted by atomic mass is 9.92. The Hall–Kier alpha value is -1.88. The predicted molar refractivity (Wildman–Crippen MR) is 91.1 cm³/mol. The summed E-state index contributed by atoms with van der Waals surface area (Å²) in [6.45, 7) is 3.10. The number of nitrogens with one attached hydrogen (secondary N) is 1. The van der Waals surface area contributed by atoms with Gasteiger partial charge in [0.15, 0.2) is 0 Å². The molecule has 1 saturated heterocycles. The first-order chi connectivity index (χ1) is 11.5. The maximum absolute atomic E-state index is 12.4. The van der Waals surface area contributed by atoms with Crippen LogP contribution in [0.5, 0.6) is 0 Å². The Labute approximate surface area is 143 Å². The van der Waals surface area contributed by atoms with Gasteiger partial charge < -0.3 is 15.3 Å². The third-order valence-corrected chi connectivity index (χ3v) is 5.12. The minimum absolute atomic E-state index is 0.0175. The molecule has 5 nitrogen and oxygen atoms in total. The highest BCUT2D eigenvalue weighted by molar-refractivity contribution is 5.89.